The minimum atomic E-state index is -0.0435. The van der Waals surface area contributed by atoms with Crippen molar-refractivity contribution in [1.82, 2.24) is 0 Å². The van der Waals surface area contributed by atoms with Crippen LogP contribution in [0.3, 0.4) is 0 Å². The molecule has 0 aliphatic rings. The van der Waals surface area contributed by atoms with Crippen molar-refractivity contribution in [1.29, 1.82) is 0 Å². The first kappa shape index (κ1) is 17.5. The molecule has 0 unspecified atom stereocenters. The van der Waals surface area contributed by atoms with Crippen LogP contribution in [0.5, 0.6) is 0 Å². The van der Waals surface area contributed by atoms with Crippen LogP contribution in [0.4, 0.5) is 0 Å². The molecule has 0 aromatic heterocycles. The number of hydrogen-bond acceptors (Lipinski definition) is 0. The van der Waals surface area contributed by atoms with Gasteiger partial charge in [0.15, 0.2) is 0 Å². The Morgan fingerprint density at radius 3 is 2.00 bits per heavy atom. The first-order valence-electron chi connectivity index (χ1n) is 9.18. The molecule has 0 saturated carbocycles. The second-order valence-electron chi connectivity index (χ2n) is 7.71. The van der Waals surface area contributed by atoms with Gasteiger partial charge < -0.3 is 0 Å². The molecular formula is C24H27B. The lowest BCUT2D eigenvalue weighted by Gasteiger charge is -2.29. The predicted molar refractivity (Wildman–Crippen MR) is 113 cm³/mol. The molecule has 3 aromatic carbocycles. The predicted octanol–water partition coefficient (Wildman–Crippen LogP) is 5.06. The van der Waals surface area contributed by atoms with Gasteiger partial charge in [0.2, 0.25) is 0 Å². The lowest BCUT2D eigenvalue weighted by atomic mass is 9.72. The van der Waals surface area contributed by atoms with Crippen molar-refractivity contribution >= 4 is 13.3 Å². The van der Waals surface area contributed by atoms with Gasteiger partial charge in [0.1, 0.15) is 7.85 Å². The fourth-order valence-corrected chi connectivity index (χ4v) is 3.84. The van der Waals surface area contributed by atoms with Crippen LogP contribution in [0.1, 0.15) is 50.3 Å². The third-order valence-electron chi connectivity index (χ3n) is 5.38. The summed E-state index contributed by atoms with van der Waals surface area (Å²) in [7, 11) is 2.26. The molecule has 0 radical (unpaired) electrons. The van der Waals surface area contributed by atoms with Crippen molar-refractivity contribution < 1.29 is 0 Å². The van der Waals surface area contributed by atoms with Gasteiger partial charge in [0.25, 0.3) is 0 Å². The fraction of sp³-hybridized carbons (Fsp3) is 0.250. The molecule has 0 bridgehead atoms. The van der Waals surface area contributed by atoms with E-state index in [1.165, 1.54) is 33.3 Å². The van der Waals surface area contributed by atoms with E-state index in [2.05, 4.69) is 108 Å². The van der Waals surface area contributed by atoms with Gasteiger partial charge in [0, 0.05) is 5.41 Å². The lowest BCUT2D eigenvalue weighted by molar-refractivity contribution is 0.643. The van der Waals surface area contributed by atoms with Crippen LogP contribution in [-0.4, -0.2) is 7.85 Å². The Labute approximate surface area is 153 Å². The molecule has 0 saturated heterocycles. The topological polar surface area (TPSA) is 0 Å². The summed E-state index contributed by atoms with van der Waals surface area (Å²) >= 11 is 0. The lowest BCUT2D eigenvalue weighted by Crippen LogP contribution is -2.22. The van der Waals surface area contributed by atoms with E-state index in [0.29, 0.717) is 5.92 Å². The first-order chi connectivity index (χ1) is 11.9. The van der Waals surface area contributed by atoms with Crippen molar-refractivity contribution in [2.24, 2.45) is 0 Å². The van der Waals surface area contributed by atoms with E-state index in [9.17, 15) is 0 Å². The summed E-state index contributed by atoms with van der Waals surface area (Å²) in [4.78, 5) is 0. The van der Waals surface area contributed by atoms with Crippen molar-refractivity contribution in [3.63, 3.8) is 0 Å². The van der Waals surface area contributed by atoms with Crippen LogP contribution in [-0.2, 0) is 5.41 Å². The van der Waals surface area contributed by atoms with Crippen molar-refractivity contribution in [3.8, 4) is 11.1 Å². The van der Waals surface area contributed by atoms with Gasteiger partial charge >= 0.3 is 0 Å². The van der Waals surface area contributed by atoms with Gasteiger partial charge in [0.05, 0.1) is 0 Å². The fourth-order valence-electron chi connectivity index (χ4n) is 3.84. The Morgan fingerprint density at radius 1 is 0.720 bits per heavy atom. The summed E-state index contributed by atoms with van der Waals surface area (Å²) in [5, 5.41) is 0. The van der Waals surface area contributed by atoms with Gasteiger partial charge in [-0.2, -0.15) is 0 Å². The molecule has 0 spiro atoms. The van der Waals surface area contributed by atoms with E-state index in [1.54, 1.807) is 0 Å². The van der Waals surface area contributed by atoms with Gasteiger partial charge in [-0.3, -0.25) is 0 Å². The van der Waals surface area contributed by atoms with Gasteiger partial charge in [-0.05, 0) is 28.2 Å². The smallest absolute Gasteiger partial charge is 0.0779 e. The molecule has 3 rings (SSSR count). The molecular weight excluding hydrogens is 299 g/mol. The second kappa shape index (κ2) is 6.92. The highest BCUT2D eigenvalue weighted by Gasteiger charge is 2.26. The summed E-state index contributed by atoms with van der Waals surface area (Å²) in [6.07, 6.45) is 0. The zero-order chi connectivity index (χ0) is 18.0. The van der Waals surface area contributed by atoms with E-state index < -0.39 is 0 Å². The monoisotopic (exact) mass is 326 g/mol. The van der Waals surface area contributed by atoms with Crippen LogP contribution >= 0.6 is 0 Å². The summed E-state index contributed by atoms with van der Waals surface area (Å²) in [6, 6.07) is 26.4. The van der Waals surface area contributed by atoms with E-state index in [4.69, 9.17) is 0 Å². The molecule has 0 amide bonds. The summed E-state index contributed by atoms with van der Waals surface area (Å²) < 4.78 is 0. The molecule has 0 nitrogen and oxygen atoms in total. The number of hydrogen-bond donors (Lipinski definition) is 0. The average molecular weight is 326 g/mol. The zero-order valence-corrected chi connectivity index (χ0v) is 16.0. The highest BCUT2D eigenvalue weighted by molar-refractivity contribution is 6.37. The molecule has 0 aliphatic carbocycles. The molecule has 126 valence electrons. The van der Waals surface area contributed by atoms with E-state index >= 15 is 0 Å². The summed E-state index contributed by atoms with van der Waals surface area (Å²) in [5.74, 6) is 0.536. The van der Waals surface area contributed by atoms with Gasteiger partial charge in [-0.15, -0.1) is 0 Å². The molecule has 0 N–H and O–H groups in total. The summed E-state index contributed by atoms with van der Waals surface area (Å²) in [5.41, 5.74) is 8.21. The highest BCUT2D eigenvalue weighted by atomic mass is 14.3. The largest absolute Gasteiger partial charge is 0.140 e. The quantitative estimate of drug-likeness (QED) is 0.588. The Balaban J connectivity index is 2.20. The maximum Gasteiger partial charge on any atom is 0.140 e. The Hall–Kier alpha value is -2.28. The van der Waals surface area contributed by atoms with E-state index in [0.717, 1.165) is 0 Å². The molecule has 25 heavy (non-hydrogen) atoms. The van der Waals surface area contributed by atoms with Crippen molar-refractivity contribution in [3.05, 3.63) is 89.5 Å². The van der Waals surface area contributed by atoms with E-state index in [1.807, 2.05) is 0 Å². The number of rotatable bonds is 4. The number of benzene rings is 3. The van der Waals surface area contributed by atoms with Crippen molar-refractivity contribution in [2.75, 3.05) is 0 Å². The normalized spacial score (nSPS) is 11.7. The minimum Gasteiger partial charge on any atom is -0.0779 e. The third kappa shape index (κ3) is 3.29. The third-order valence-corrected chi connectivity index (χ3v) is 5.38. The molecule has 1 heteroatoms. The molecule has 0 heterocycles. The molecule has 0 atom stereocenters. The second-order valence-corrected chi connectivity index (χ2v) is 7.71. The van der Waals surface area contributed by atoms with Gasteiger partial charge in [-0.1, -0.05) is 112 Å². The SMILES string of the molecule is Bc1c(-c2ccccc2C(C)(C)c2ccccc2)cccc1C(C)C. The van der Waals surface area contributed by atoms with Crippen LogP contribution < -0.4 is 5.46 Å². The maximum absolute atomic E-state index is 2.32. The Morgan fingerprint density at radius 2 is 1.32 bits per heavy atom. The maximum atomic E-state index is 2.32. The standard InChI is InChI=1S/C24H27B/c1-17(2)19-14-10-15-21(23(19)25)20-13-8-9-16-22(20)24(3,4)18-11-6-5-7-12-18/h5-17H,25H2,1-4H3. The first-order valence-corrected chi connectivity index (χ1v) is 9.18. The van der Waals surface area contributed by atoms with Crippen LogP contribution in [0, 0.1) is 0 Å². The van der Waals surface area contributed by atoms with Gasteiger partial charge in [-0.25, -0.2) is 0 Å². The Kier molecular flexibility index (Phi) is 4.86. The molecule has 0 aliphatic heterocycles. The summed E-state index contributed by atoms with van der Waals surface area (Å²) in [6.45, 7) is 9.18. The Bertz CT molecular complexity index is 860. The molecule has 3 aromatic rings. The average Bonchev–Trinajstić information content (AvgIpc) is 2.62. The van der Waals surface area contributed by atoms with E-state index in [-0.39, 0.29) is 5.41 Å². The van der Waals surface area contributed by atoms with Crippen molar-refractivity contribution in [2.45, 2.75) is 39.0 Å². The van der Waals surface area contributed by atoms with Crippen LogP contribution in [0.25, 0.3) is 11.1 Å². The van der Waals surface area contributed by atoms with Crippen LogP contribution in [0.2, 0.25) is 0 Å². The zero-order valence-electron chi connectivity index (χ0n) is 16.0. The highest BCUT2D eigenvalue weighted by Crippen LogP contribution is 2.37. The van der Waals surface area contributed by atoms with Crippen LogP contribution in [0.15, 0.2) is 72.8 Å². The molecule has 0 fully saturated rings. The minimum absolute atomic E-state index is 0.0435.